The second-order valence-electron chi connectivity index (χ2n) is 5.62. The van der Waals surface area contributed by atoms with Gasteiger partial charge in [-0.25, -0.2) is 0 Å². The fourth-order valence-electron chi connectivity index (χ4n) is 2.70. The van der Waals surface area contributed by atoms with Gasteiger partial charge in [0, 0.05) is 31.2 Å². The highest BCUT2D eigenvalue weighted by Crippen LogP contribution is 2.20. The topological polar surface area (TPSA) is 98.4 Å². The number of primary amides is 1. The lowest BCUT2D eigenvalue weighted by Crippen LogP contribution is -2.44. The molecule has 1 saturated heterocycles. The van der Waals surface area contributed by atoms with Gasteiger partial charge in [-0.2, -0.15) is 0 Å². The number of nitrogens with two attached hydrogens (primary N) is 1. The second kappa shape index (κ2) is 7.08. The molecule has 24 heavy (non-hydrogen) atoms. The minimum atomic E-state index is -0.600. The number of pyridine rings is 2. The molecule has 1 atom stereocenters. The number of hydrogen-bond donors (Lipinski definition) is 1. The maximum absolute atomic E-state index is 12.5. The maximum atomic E-state index is 12.5. The van der Waals surface area contributed by atoms with Crippen LogP contribution in [0.3, 0.4) is 0 Å². The van der Waals surface area contributed by atoms with Crippen LogP contribution in [0.15, 0.2) is 42.9 Å². The largest absolute Gasteiger partial charge is 0.488 e. The maximum Gasteiger partial charge on any atom is 0.267 e. The summed E-state index contributed by atoms with van der Waals surface area (Å²) >= 11 is 0. The van der Waals surface area contributed by atoms with Crippen LogP contribution in [-0.4, -0.2) is 45.9 Å². The van der Waals surface area contributed by atoms with Crippen LogP contribution >= 0.6 is 0 Å². The van der Waals surface area contributed by atoms with Crippen LogP contribution < -0.4 is 10.5 Å². The number of amides is 2. The number of likely N-dealkylation sites (tertiary alicyclic amines) is 1. The molecule has 0 aromatic carbocycles. The first-order valence-electron chi connectivity index (χ1n) is 7.75. The van der Waals surface area contributed by atoms with E-state index < -0.39 is 5.91 Å². The van der Waals surface area contributed by atoms with Crippen molar-refractivity contribution < 1.29 is 14.3 Å². The summed E-state index contributed by atoms with van der Waals surface area (Å²) < 4.78 is 5.91. The number of carbonyl (C=O) groups excluding carboxylic acids is 2. The molecule has 124 valence electrons. The lowest BCUT2D eigenvalue weighted by molar-refractivity contribution is 0.0537. The summed E-state index contributed by atoms with van der Waals surface area (Å²) in [5.74, 6) is -0.124. The number of hydrogen-bond acceptors (Lipinski definition) is 5. The third-order valence-corrected chi connectivity index (χ3v) is 3.86. The minimum Gasteiger partial charge on any atom is -0.488 e. The quantitative estimate of drug-likeness (QED) is 0.912. The molecular formula is C17H18N4O3. The van der Waals surface area contributed by atoms with Gasteiger partial charge in [-0.15, -0.1) is 0 Å². The highest BCUT2D eigenvalue weighted by Gasteiger charge is 2.26. The van der Waals surface area contributed by atoms with Crippen molar-refractivity contribution in [1.29, 1.82) is 0 Å². The van der Waals surface area contributed by atoms with Crippen LogP contribution in [0.4, 0.5) is 0 Å². The molecule has 0 aliphatic carbocycles. The van der Waals surface area contributed by atoms with Gasteiger partial charge in [0.1, 0.15) is 17.5 Å². The third kappa shape index (κ3) is 3.68. The van der Waals surface area contributed by atoms with Gasteiger partial charge in [0.05, 0.1) is 12.1 Å². The summed E-state index contributed by atoms with van der Waals surface area (Å²) in [4.78, 5) is 33.3. The average molecular weight is 326 g/mol. The SMILES string of the molecule is NC(=O)c1cc(OC2CCCN(C(=O)c3cccnc3)C2)ccn1. The molecule has 1 unspecified atom stereocenters. The van der Waals surface area contributed by atoms with Crippen molar-refractivity contribution in [2.24, 2.45) is 5.73 Å². The number of ether oxygens (including phenoxy) is 1. The summed E-state index contributed by atoms with van der Waals surface area (Å²) in [6, 6.07) is 6.69. The van der Waals surface area contributed by atoms with E-state index in [-0.39, 0.29) is 17.7 Å². The molecule has 1 fully saturated rings. The van der Waals surface area contributed by atoms with Crippen LogP contribution in [0, 0.1) is 0 Å². The number of carbonyl (C=O) groups is 2. The van der Waals surface area contributed by atoms with Gasteiger partial charge >= 0.3 is 0 Å². The molecule has 2 aromatic heterocycles. The summed E-state index contributed by atoms with van der Waals surface area (Å²) in [6.45, 7) is 1.18. The molecule has 7 nitrogen and oxygen atoms in total. The van der Waals surface area contributed by atoms with E-state index in [9.17, 15) is 9.59 Å². The van der Waals surface area contributed by atoms with E-state index in [2.05, 4.69) is 9.97 Å². The highest BCUT2D eigenvalue weighted by molar-refractivity contribution is 5.94. The van der Waals surface area contributed by atoms with Gasteiger partial charge in [0.25, 0.3) is 11.8 Å². The summed E-state index contributed by atoms with van der Waals surface area (Å²) in [7, 11) is 0. The van der Waals surface area contributed by atoms with E-state index in [1.807, 2.05) is 0 Å². The Morgan fingerprint density at radius 2 is 2.17 bits per heavy atom. The van der Waals surface area contributed by atoms with Crippen molar-refractivity contribution in [3.8, 4) is 5.75 Å². The third-order valence-electron chi connectivity index (χ3n) is 3.86. The van der Waals surface area contributed by atoms with E-state index >= 15 is 0 Å². The Morgan fingerprint density at radius 1 is 1.29 bits per heavy atom. The summed E-state index contributed by atoms with van der Waals surface area (Å²) in [5.41, 5.74) is 5.95. The van der Waals surface area contributed by atoms with Gasteiger partial charge in [0.15, 0.2) is 0 Å². The number of aromatic nitrogens is 2. The van der Waals surface area contributed by atoms with Crippen molar-refractivity contribution >= 4 is 11.8 Å². The van der Waals surface area contributed by atoms with Crippen LogP contribution in [-0.2, 0) is 0 Å². The number of nitrogens with zero attached hydrogens (tertiary/aromatic N) is 3. The molecule has 1 aliphatic heterocycles. The standard InChI is InChI=1S/C17H18N4O3/c18-16(22)15-9-13(5-7-20-15)24-14-4-2-8-21(11-14)17(23)12-3-1-6-19-10-12/h1,3,5-7,9-10,14H,2,4,8,11H2,(H2,18,22). The summed E-state index contributed by atoms with van der Waals surface area (Å²) in [6.07, 6.45) is 6.24. The van der Waals surface area contributed by atoms with Gasteiger partial charge < -0.3 is 15.4 Å². The predicted octanol–water partition coefficient (Wildman–Crippen LogP) is 1.26. The molecule has 0 radical (unpaired) electrons. The van der Waals surface area contributed by atoms with Crippen molar-refractivity contribution in [1.82, 2.24) is 14.9 Å². The molecule has 7 heteroatoms. The predicted molar refractivity (Wildman–Crippen MR) is 86.5 cm³/mol. The first-order chi connectivity index (χ1) is 11.6. The zero-order chi connectivity index (χ0) is 16.9. The molecule has 3 heterocycles. The molecular weight excluding hydrogens is 308 g/mol. The van der Waals surface area contributed by atoms with Crippen LogP contribution in [0.25, 0.3) is 0 Å². The van der Waals surface area contributed by atoms with Crippen LogP contribution in [0.1, 0.15) is 33.7 Å². The normalized spacial score (nSPS) is 17.3. The Labute approximate surface area is 139 Å². The number of piperidine rings is 1. The molecule has 1 aliphatic rings. The van der Waals surface area contributed by atoms with Crippen molar-refractivity contribution in [3.05, 3.63) is 54.1 Å². The first kappa shape index (κ1) is 15.9. The highest BCUT2D eigenvalue weighted by atomic mass is 16.5. The van der Waals surface area contributed by atoms with Crippen molar-refractivity contribution in [2.75, 3.05) is 13.1 Å². The molecule has 0 saturated carbocycles. The molecule has 3 rings (SSSR count). The fraction of sp³-hybridized carbons (Fsp3) is 0.294. The lowest BCUT2D eigenvalue weighted by Gasteiger charge is -2.33. The molecule has 0 bridgehead atoms. The Balaban J connectivity index is 1.66. The fourth-order valence-corrected chi connectivity index (χ4v) is 2.70. The zero-order valence-corrected chi connectivity index (χ0v) is 13.1. The second-order valence-corrected chi connectivity index (χ2v) is 5.62. The van der Waals surface area contributed by atoms with Crippen molar-refractivity contribution in [2.45, 2.75) is 18.9 Å². The van der Waals surface area contributed by atoms with E-state index in [1.54, 1.807) is 35.5 Å². The van der Waals surface area contributed by atoms with E-state index in [0.29, 0.717) is 24.4 Å². The lowest BCUT2D eigenvalue weighted by atomic mass is 10.1. The van der Waals surface area contributed by atoms with Gasteiger partial charge in [-0.1, -0.05) is 0 Å². The van der Waals surface area contributed by atoms with Crippen LogP contribution in [0.5, 0.6) is 5.75 Å². The van der Waals surface area contributed by atoms with Gasteiger partial charge in [-0.3, -0.25) is 19.6 Å². The van der Waals surface area contributed by atoms with Gasteiger partial charge in [0.2, 0.25) is 0 Å². The molecule has 0 spiro atoms. The number of rotatable bonds is 4. The average Bonchev–Trinajstić information content (AvgIpc) is 2.62. The molecule has 2 N–H and O–H groups in total. The molecule has 2 amide bonds. The monoisotopic (exact) mass is 326 g/mol. The zero-order valence-electron chi connectivity index (χ0n) is 13.1. The summed E-state index contributed by atoms with van der Waals surface area (Å²) in [5, 5.41) is 0. The van der Waals surface area contributed by atoms with Crippen molar-refractivity contribution in [3.63, 3.8) is 0 Å². The van der Waals surface area contributed by atoms with Crippen LogP contribution in [0.2, 0.25) is 0 Å². The Kier molecular flexibility index (Phi) is 4.69. The Bertz CT molecular complexity index is 736. The Morgan fingerprint density at radius 3 is 2.92 bits per heavy atom. The van der Waals surface area contributed by atoms with Gasteiger partial charge in [-0.05, 0) is 31.0 Å². The Hall–Kier alpha value is -2.96. The minimum absolute atomic E-state index is 0.0519. The van der Waals surface area contributed by atoms with E-state index in [1.165, 1.54) is 12.3 Å². The van der Waals surface area contributed by atoms with E-state index in [0.717, 1.165) is 12.8 Å². The van der Waals surface area contributed by atoms with E-state index in [4.69, 9.17) is 10.5 Å². The smallest absolute Gasteiger partial charge is 0.267 e. The first-order valence-corrected chi connectivity index (χ1v) is 7.75. The molecule has 2 aromatic rings.